The van der Waals surface area contributed by atoms with E-state index in [1.165, 1.54) is 31.2 Å². The second kappa shape index (κ2) is 7.68. The Morgan fingerprint density at radius 3 is 2.40 bits per heavy atom. The van der Waals surface area contributed by atoms with E-state index in [2.05, 4.69) is 50.4 Å². The lowest BCUT2D eigenvalue weighted by molar-refractivity contribution is 0.271. The van der Waals surface area contributed by atoms with Gasteiger partial charge in [-0.05, 0) is 49.4 Å². The molecule has 0 radical (unpaired) electrons. The largest absolute Gasteiger partial charge is 0.493 e. The normalized spacial score (nSPS) is 17.0. The minimum absolute atomic E-state index is 0.425. The van der Waals surface area contributed by atoms with Crippen molar-refractivity contribution in [3.05, 3.63) is 29.8 Å². The van der Waals surface area contributed by atoms with Crippen LogP contribution in [0.1, 0.15) is 58.1 Å². The van der Waals surface area contributed by atoms with Gasteiger partial charge >= 0.3 is 0 Å². The van der Waals surface area contributed by atoms with Gasteiger partial charge in [-0.25, -0.2) is 0 Å². The lowest BCUT2D eigenvalue weighted by Crippen LogP contribution is -2.24. The van der Waals surface area contributed by atoms with Gasteiger partial charge in [-0.1, -0.05) is 45.2 Å². The topological polar surface area (TPSA) is 21.3 Å². The van der Waals surface area contributed by atoms with Crippen LogP contribution < -0.4 is 10.1 Å². The van der Waals surface area contributed by atoms with Crippen LogP contribution >= 0.6 is 0 Å². The van der Waals surface area contributed by atoms with Crippen molar-refractivity contribution in [3.63, 3.8) is 0 Å². The Morgan fingerprint density at radius 2 is 1.85 bits per heavy atom. The van der Waals surface area contributed by atoms with Crippen molar-refractivity contribution in [1.29, 1.82) is 0 Å². The highest BCUT2D eigenvalue weighted by atomic mass is 16.5. The molecule has 1 atom stereocenters. The van der Waals surface area contributed by atoms with Gasteiger partial charge in [-0.15, -0.1) is 0 Å². The summed E-state index contributed by atoms with van der Waals surface area (Å²) in [5.74, 6) is 2.53. The fourth-order valence-electron chi connectivity index (χ4n) is 2.52. The number of hydrogen-bond donors (Lipinski definition) is 1. The van der Waals surface area contributed by atoms with Gasteiger partial charge in [-0.3, -0.25) is 0 Å². The molecule has 1 N–H and O–H groups in total. The van der Waals surface area contributed by atoms with Gasteiger partial charge in [0.25, 0.3) is 0 Å². The molecule has 1 fully saturated rings. The fraction of sp³-hybridized carbons (Fsp3) is 0.667. The van der Waals surface area contributed by atoms with E-state index in [1.54, 1.807) is 0 Å². The number of ether oxygens (including phenoxy) is 1. The second-order valence-corrected chi connectivity index (χ2v) is 6.54. The van der Waals surface area contributed by atoms with E-state index in [0.29, 0.717) is 12.0 Å². The molecule has 1 aliphatic rings. The van der Waals surface area contributed by atoms with Gasteiger partial charge in [0, 0.05) is 6.04 Å². The Morgan fingerprint density at radius 1 is 1.15 bits per heavy atom. The van der Waals surface area contributed by atoms with E-state index in [-0.39, 0.29) is 0 Å². The minimum Gasteiger partial charge on any atom is -0.493 e. The lowest BCUT2D eigenvalue weighted by Gasteiger charge is -2.26. The smallest absolute Gasteiger partial charge is 0.119 e. The zero-order chi connectivity index (χ0) is 14.4. The zero-order valence-electron chi connectivity index (χ0n) is 13.2. The summed E-state index contributed by atoms with van der Waals surface area (Å²) in [6, 6.07) is 8.95. The highest BCUT2D eigenvalue weighted by Gasteiger charge is 2.16. The summed E-state index contributed by atoms with van der Waals surface area (Å²) in [5.41, 5.74) is 1.34. The Kier molecular flexibility index (Phi) is 5.90. The first-order valence-corrected chi connectivity index (χ1v) is 8.11. The summed E-state index contributed by atoms with van der Waals surface area (Å²) in [6.07, 6.45) is 5.66. The minimum atomic E-state index is 0.425. The summed E-state index contributed by atoms with van der Waals surface area (Å²) < 4.78 is 5.72. The zero-order valence-corrected chi connectivity index (χ0v) is 13.2. The molecule has 0 spiro atoms. The van der Waals surface area contributed by atoms with Crippen LogP contribution in [0.25, 0.3) is 0 Å². The van der Waals surface area contributed by atoms with E-state index in [0.717, 1.165) is 24.8 Å². The highest BCUT2D eigenvalue weighted by Crippen LogP contribution is 2.29. The Balaban J connectivity index is 1.73. The Bertz CT molecular complexity index is 381. The van der Waals surface area contributed by atoms with Crippen molar-refractivity contribution in [2.75, 3.05) is 13.2 Å². The number of benzene rings is 1. The molecule has 2 rings (SSSR count). The van der Waals surface area contributed by atoms with Gasteiger partial charge in [0.1, 0.15) is 5.75 Å². The van der Waals surface area contributed by atoms with Crippen LogP contribution in [0.5, 0.6) is 5.75 Å². The summed E-state index contributed by atoms with van der Waals surface area (Å²) in [6.45, 7) is 8.50. The van der Waals surface area contributed by atoms with Crippen molar-refractivity contribution in [2.24, 2.45) is 11.8 Å². The van der Waals surface area contributed by atoms with Crippen molar-refractivity contribution in [1.82, 2.24) is 5.32 Å². The highest BCUT2D eigenvalue weighted by molar-refractivity contribution is 5.28. The predicted octanol–water partition coefficient (Wildman–Crippen LogP) is 4.56. The van der Waals surface area contributed by atoms with Crippen LogP contribution in [-0.4, -0.2) is 13.2 Å². The van der Waals surface area contributed by atoms with E-state index in [9.17, 15) is 0 Å². The Hall–Kier alpha value is -1.02. The van der Waals surface area contributed by atoms with Gasteiger partial charge in [-0.2, -0.15) is 0 Å². The van der Waals surface area contributed by atoms with Crippen LogP contribution in [0.3, 0.4) is 0 Å². The van der Waals surface area contributed by atoms with E-state index in [1.807, 2.05) is 0 Å². The van der Waals surface area contributed by atoms with E-state index >= 15 is 0 Å². The van der Waals surface area contributed by atoms with Crippen molar-refractivity contribution >= 4 is 0 Å². The maximum absolute atomic E-state index is 5.72. The first-order valence-electron chi connectivity index (χ1n) is 8.11. The molecule has 0 aliphatic heterocycles. The number of hydrogen-bond acceptors (Lipinski definition) is 2. The molecule has 0 bridgehead atoms. The first kappa shape index (κ1) is 15.4. The van der Waals surface area contributed by atoms with E-state index in [4.69, 9.17) is 4.74 Å². The molecule has 1 aliphatic carbocycles. The summed E-state index contributed by atoms with van der Waals surface area (Å²) in [7, 11) is 0. The molecule has 2 nitrogen and oxygen atoms in total. The monoisotopic (exact) mass is 275 g/mol. The van der Waals surface area contributed by atoms with Crippen LogP contribution in [0.2, 0.25) is 0 Å². The maximum Gasteiger partial charge on any atom is 0.119 e. The summed E-state index contributed by atoms with van der Waals surface area (Å²) in [5, 5.41) is 3.63. The summed E-state index contributed by atoms with van der Waals surface area (Å²) >= 11 is 0. The lowest BCUT2D eigenvalue weighted by atomic mass is 9.83. The quantitative estimate of drug-likeness (QED) is 0.751. The third-order valence-corrected chi connectivity index (χ3v) is 4.19. The molecule has 2 heteroatoms. The van der Waals surface area contributed by atoms with Crippen molar-refractivity contribution in [3.8, 4) is 5.75 Å². The van der Waals surface area contributed by atoms with Gasteiger partial charge in [0.2, 0.25) is 0 Å². The van der Waals surface area contributed by atoms with Crippen LogP contribution in [0.15, 0.2) is 24.3 Å². The van der Waals surface area contributed by atoms with Crippen LogP contribution in [-0.2, 0) is 0 Å². The number of nitrogens with one attached hydrogen (secondary N) is 1. The van der Waals surface area contributed by atoms with Crippen LogP contribution in [0, 0.1) is 11.8 Å². The SMILES string of the molecule is CC(C)COc1ccc(C(C)NCCC2CCC2)cc1. The molecule has 1 aromatic carbocycles. The molecule has 0 amide bonds. The van der Waals surface area contributed by atoms with Gasteiger partial charge < -0.3 is 10.1 Å². The average molecular weight is 275 g/mol. The first-order chi connectivity index (χ1) is 9.65. The molecule has 112 valence electrons. The molecular formula is C18H29NO. The molecule has 1 saturated carbocycles. The van der Waals surface area contributed by atoms with Gasteiger partial charge in [0.05, 0.1) is 6.61 Å². The molecule has 20 heavy (non-hydrogen) atoms. The fourth-order valence-corrected chi connectivity index (χ4v) is 2.52. The molecule has 1 unspecified atom stereocenters. The molecule has 0 heterocycles. The third kappa shape index (κ3) is 4.82. The van der Waals surface area contributed by atoms with Crippen molar-refractivity contribution in [2.45, 2.75) is 52.5 Å². The van der Waals surface area contributed by atoms with Gasteiger partial charge in [0.15, 0.2) is 0 Å². The predicted molar refractivity (Wildman–Crippen MR) is 85.2 cm³/mol. The summed E-state index contributed by atoms with van der Waals surface area (Å²) in [4.78, 5) is 0. The Labute approximate surface area is 123 Å². The average Bonchev–Trinajstić information content (AvgIpc) is 2.39. The van der Waals surface area contributed by atoms with E-state index < -0.39 is 0 Å². The van der Waals surface area contributed by atoms with Crippen LogP contribution in [0.4, 0.5) is 0 Å². The number of rotatable bonds is 8. The molecule has 0 saturated heterocycles. The third-order valence-electron chi connectivity index (χ3n) is 4.19. The maximum atomic E-state index is 5.72. The standard InChI is InChI=1S/C18H29NO/c1-14(2)13-20-18-9-7-17(8-10-18)15(3)19-12-11-16-5-4-6-16/h7-10,14-16,19H,4-6,11-13H2,1-3H3. The molecule has 1 aromatic rings. The second-order valence-electron chi connectivity index (χ2n) is 6.54. The molecule has 0 aromatic heterocycles. The van der Waals surface area contributed by atoms with Crippen molar-refractivity contribution < 1.29 is 4.74 Å². The molecular weight excluding hydrogens is 246 g/mol.